The molecular formula is C31H34BrClFN3O4S. The smallest absolute Gasteiger partial charge is 0.244 e. The van der Waals surface area contributed by atoms with Crippen molar-refractivity contribution in [3.8, 4) is 0 Å². The number of carbonyl (C=O) groups excluding carboxylic acids is 2. The lowest BCUT2D eigenvalue weighted by Crippen LogP contribution is -2.55. The summed E-state index contributed by atoms with van der Waals surface area (Å²) in [5.74, 6) is -1.58. The molecule has 1 aliphatic carbocycles. The Morgan fingerprint density at radius 2 is 1.69 bits per heavy atom. The van der Waals surface area contributed by atoms with E-state index in [1.807, 2.05) is 54.6 Å². The van der Waals surface area contributed by atoms with Gasteiger partial charge in [-0.2, -0.15) is 0 Å². The second-order valence-corrected chi connectivity index (χ2v) is 13.8. The van der Waals surface area contributed by atoms with E-state index in [0.717, 1.165) is 64.3 Å². The highest BCUT2D eigenvalue weighted by Crippen LogP contribution is 2.26. The van der Waals surface area contributed by atoms with Crippen molar-refractivity contribution in [1.29, 1.82) is 0 Å². The Hall–Kier alpha value is -2.95. The van der Waals surface area contributed by atoms with Gasteiger partial charge in [0.2, 0.25) is 21.8 Å². The molecule has 0 saturated heterocycles. The highest BCUT2D eigenvalue weighted by Gasteiger charge is 2.34. The summed E-state index contributed by atoms with van der Waals surface area (Å²) in [5, 5.41) is 2.90. The number of halogens is 3. The molecule has 0 heterocycles. The maximum absolute atomic E-state index is 14.2. The second kappa shape index (κ2) is 14.5. The Morgan fingerprint density at radius 1 is 1.00 bits per heavy atom. The van der Waals surface area contributed by atoms with Crippen molar-refractivity contribution in [3.63, 3.8) is 0 Å². The van der Waals surface area contributed by atoms with E-state index in [2.05, 4.69) is 21.2 Å². The summed E-state index contributed by atoms with van der Waals surface area (Å²) < 4.78 is 41.3. The Balaban J connectivity index is 1.73. The van der Waals surface area contributed by atoms with Crippen LogP contribution in [0.2, 0.25) is 5.02 Å². The number of nitrogens with zero attached hydrogens (tertiary/aromatic N) is 2. The van der Waals surface area contributed by atoms with Gasteiger partial charge in [0.1, 0.15) is 18.4 Å². The first-order valence-corrected chi connectivity index (χ1v) is 16.8. The molecule has 0 unspecified atom stereocenters. The van der Waals surface area contributed by atoms with Crippen molar-refractivity contribution in [2.45, 2.75) is 57.2 Å². The molecule has 1 fully saturated rings. The maximum Gasteiger partial charge on any atom is 0.244 e. The summed E-state index contributed by atoms with van der Waals surface area (Å²) in [7, 11) is -3.99. The van der Waals surface area contributed by atoms with Crippen LogP contribution in [0.1, 0.15) is 43.2 Å². The first-order chi connectivity index (χ1) is 20.0. The average Bonchev–Trinajstić information content (AvgIpc) is 2.95. The summed E-state index contributed by atoms with van der Waals surface area (Å²) in [6.07, 6.45) is 6.13. The number of amides is 2. The molecule has 0 aliphatic heterocycles. The van der Waals surface area contributed by atoms with Gasteiger partial charge in [-0.15, -0.1) is 0 Å². The number of hydrogen-bond acceptors (Lipinski definition) is 4. The first-order valence-electron chi connectivity index (χ1n) is 13.8. The van der Waals surface area contributed by atoms with Crippen LogP contribution in [-0.4, -0.2) is 50.0 Å². The van der Waals surface area contributed by atoms with Gasteiger partial charge in [-0.1, -0.05) is 89.3 Å². The average molecular weight is 679 g/mol. The number of benzene rings is 3. The van der Waals surface area contributed by atoms with Gasteiger partial charge in [-0.25, -0.2) is 12.8 Å². The highest BCUT2D eigenvalue weighted by molar-refractivity contribution is 9.10. The number of hydrogen-bond donors (Lipinski definition) is 1. The van der Waals surface area contributed by atoms with Gasteiger partial charge in [0.05, 0.1) is 17.0 Å². The molecule has 0 aromatic heterocycles. The van der Waals surface area contributed by atoms with Crippen molar-refractivity contribution >= 4 is 55.1 Å². The second-order valence-electron chi connectivity index (χ2n) is 10.6. The first kappa shape index (κ1) is 32.0. The van der Waals surface area contributed by atoms with E-state index in [-0.39, 0.29) is 35.6 Å². The van der Waals surface area contributed by atoms with Crippen molar-refractivity contribution in [2.75, 3.05) is 17.1 Å². The monoisotopic (exact) mass is 677 g/mol. The minimum atomic E-state index is -3.99. The number of anilines is 1. The molecule has 42 heavy (non-hydrogen) atoms. The third-order valence-corrected chi connectivity index (χ3v) is 9.26. The topological polar surface area (TPSA) is 86.8 Å². The number of sulfonamides is 1. The van der Waals surface area contributed by atoms with E-state index >= 15 is 0 Å². The fourth-order valence-electron chi connectivity index (χ4n) is 5.18. The van der Waals surface area contributed by atoms with E-state index in [4.69, 9.17) is 11.6 Å². The molecule has 1 N–H and O–H groups in total. The van der Waals surface area contributed by atoms with E-state index in [1.54, 1.807) is 0 Å². The van der Waals surface area contributed by atoms with E-state index in [0.29, 0.717) is 0 Å². The molecule has 224 valence electrons. The van der Waals surface area contributed by atoms with E-state index in [9.17, 15) is 22.4 Å². The van der Waals surface area contributed by atoms with Crippen LogP contribution in [0.5, 0.6) is 0 Å². The largest absolute Gasteiger partial charge is 0.352 e. The van der Waals surface area contributed by atoms with Gasteiger partial charge < -0.3 is 10.2 Å². The van der Waals surface area contributed by atoms with Crippen molar-refractivity contribution in [3.05, 3.63) is 99.2 Å². The molecular weight excluding hydrogens is 645 g/mol. The van der Waals surface area contributed by atoms with Crippen molar-refractivity contribution in [1.82, 2.24) is 10.2 Å². The van der Waals surface area contributed by atoms with Crippen LogP contribution in [0.3, 0.4) is 0 Å². The van der Waals surface area contributed by atoms with Crippen LogP contribution in [0.25, 0.3) is 0 Å². The summed E-state index contributed by atoms with van der Waals surface area (Å²) >= 11 is 9.43. The van der Waals surface area contributed by atoms with Gasteiger partial charge in [0.25, 0.3) is 0 Å². The number of carbonyl (C=O) groups is 2. The maximum atomic E-state index is 14.2. The zero-order valence-corrected chi connectivity index (χ0v) is 26.5. The van der Waals surface area contributed by atoms with Crippen LogP contribution in [-0.2, 0) is 32.6 Å². The molecule has 4 rings (SSSR count). The standard InChI is InChI=1S/C31H34BrClFN3O4S/c1-42(40,41)37(26-15-16-28(34)27(33)19-26)21-30(38)36(20-23-11-8-12-24(32)17-23)29(18-22-9-4-2-5-10-22)31(39)35-25-13-6-3-7-14-25/h2,4-5,8-12,15-17,19,25,29H,3,6-7,13-14,18,20-21H2,1H3,(H,35,39)/t29-/m1/s1. The molecule has 1 atom stereocenters. The third-order valence-electron chi connectivity index (χ3n) is 7.33. The molecule has 1 saturated carbocycles. The Morgan fingerprint density at radius 3 is 2.33 bits per heavy atom. The fourth-order valence-corrected chi connectivity index (χ4v) is 6.65. The van der Waals surface area contributed by atoms with Gasteiger partial charge in [0.15, 0.2) is 0 Å². The summed E-state index contributed by atoms with van der Waals surface area (Å²) in [6, 6.07) is 19.4. The molecule has 0 radical (unpaired) electrons. The number of rotatable bonds is 11. The zero-order chi connectivity index (χ0) is 30.3. The van der Waals surface area contributed by atoms with Crippen LogP contribution >= 0.6 is 27.5 Å². The molecule has 0 bridgehead atoms. The van der Waals surface area contributed by atoms with Gasteiger partial charge in [0, 0.05) is 23.5 Å². The van der Waals surface area contributed by atoms with Crippen LogP contribution < -0.4 is 9.62 Å². The molecule has 11 heteroatoms. The minimum absolute atomic E-state index is 0.0150. The molecule has 2 amide bonds. The van der Waals surface area contributed by atoms with Crippen LogP contribution in [0, 0.1) is 5.82 Å². The summed E-state index contributed by atoms with van der Waals surface area (Å²) in [4.78, 5) is 29.6. The normalized spacial score (nSPS) is 14.7. The molecule has 3 aromatic rings. The third kappa shape index (κ3) is 8.78. The van der Waals surface area contributed by atoms with Crippen LogP contribution in [0.4, 0.5) is 10.1 Å². The predicted octanol–water partition coefficient (Wildman–Crippen LogP) is 6.10. The quantitative estimate of drug-likeness (QED) is 0.266. The Kier molecular flexibility index (Phi) is 11.0. The van der Waals surface area contributed by atoms with Gasteiger partial charge in [-0.3, -0.25) is 13.9 Å². The lowest BCUT2D eigenvalue weighted by molar-refractivity contribution is -0.140. The lowest BCUT2D eigenvalue weighted by atomic mass is 9.94. The zero-order valence-electron chi connectivity index (χ0n) is 23.3. The summed E-state index contributed by atoms with van der Waals surface area (Å²) in [5.41, 5.74) is 1.67. The van der Waals surface area contributed by atoms with Gasteiger partial charge in [-0.05, 0) is 54.3 Å². The van der Waals surface area contributed by atoms with Crippen LogP contribution in [0.15, 0.2) is 77.3 Å². The summed E-state index contributed by atoms with van der Waals surface area (Å²) in [6.45, 7) is -0.535. The lowest BCUT2D eigenvalue weighted by Gasteiger charge is -2.35. The minimum Gasteiger partial charge on any atom is -0.352 e. The van der Waals surface area contributed by atoms with Crippen molar-refractivity contribution in [2.24, 2.45) is 0 Å². The number of nitrogens with one attached hydrogen (secondary N) is 1. The van der Waals surface area contributed by atoms with E-state index in [1.165, 1.54) is 17.0 Å². The van der Waals surface area contributed by atoms with Crippen molar-refractivity contribution < 1.29 is 22.4 Å². The molecule has 0 spiro atoms. The van der Waals surface area contributed by atoms with E-state index < -0.39 is 34.3 Å². The molecule has 7 nitrogen and oxygen atoms in total. The molecule has 1 aliphatic rings. The highest BCUT2D eigenvalue weighted by atomic mass is 79.9. The SMILES string of the molecule is CS(=O)(=O)N(CC(=O)N(Cc1cccc(Br)c1)[C@H](Cc1ccccc1)C(=O)NC1CCCCC1)c1ccc(F)c(Cl)c1. The van der Waals surface area contributed by atoms with Gasteiger partial charge >= 0.3 is 0 Å². The Bertz CT molecular complexity index is 1500. The molecule has 3 aromatic carbocycles. The predicted molar refractivity (Wildman–Crippen MR) is 167 cm³/mol. The fraction of sp³-hybridized carbons (Fsp3) is 0.355. The Labute approximate surface area is 260 Å².